The third-order valence-corrected chi connectivity index (χ3v) is 3.99. The van der Waals surface area contributed by atoms with Gasteiger partial charge < -0.3 is 15.0 Å². The van der Waals surface area contributed by atoms with Gasteiger partial charge in [-0.1, -0.05) is 6.07 Å². The summed E-state index contributed by atoms with van der Waals surface area (Å²) >= 11 is 0. The Morgan fingerprint density at radius 1 is 1.38 bits per heavy atom. The van der Waals surface area contributed by atoms with E-state index in [1.54, 1.807) is 12.1 Å². The van der Waals surface area contributed by atoms with Crippen molar-refractivity contribution >= 4 is 17.6 Å². The van der Waals surface area contributed by atoms with Crippen LogP contribution in [-0.2, 0) is 9.53 Å². The maximum Gasteiger partial charge on any atom is 0.338 e. The molecule has 1 aliphatic rings. The number of anilines is 1. The molecular weight excluding hydrogens is 268 g/mol. The maximum atomic E-state index is 12.4. The number of nitrogens with zero attached hydrogens (tertiary/aromatic N) is 1. The van der Waals surface area contributed by atoms with Gasteiger partial charge in [0.05, 0.1) is 18.6 Å². The van der Waals surface area contributed by atoms with Gasteiger partial charge in [0.15, 0.2) is 0 Å². The Morgan fingerprint density at radius 2 is 2.14 bits per heavy atom. The fraction of sp³-hybridized carbons (Fsp3) is 0.500. The number of piperidine rings is 1. The predicted molar refractivity (Wildman–Crippen MR) is 81.4 cm³/mol. The number of hydrogen-bond donors (Lipinski definition) is 1. The number of likely N-dealkylation sites (tertiary alicyclic amines) is 1. The summed E-state index contributed by atoms with van der Waals surface area (Å²) in [6.07, 6.45) is 1.95. The van der Waals surface area contributed by atoms with Crippen LogP contribution in [0.15, 0.2) is 18.2 Å². The molecule has 0 aliphatic carbocycles. The number of esters is 1. The van der Waals surface area contributed by atoms with E-state index in [1.807, 2.05) is 20.0 Å². The van der Waals surface area contributed by atoms with E-state index in [9.17, 15) is 9.59 Å². The number of carbonyl (C=O) groups excluding carboxylic acids is 2. The van der Waals surface area contributed by atoms with E-state index in [4.69, 9.17) is 4.74 Å². The second kappa shape index (κ2) is 6.72. The van der Waals surface area contributed by atoms with Crippen LogP contribution in [0.2, 0.25) is 0 Å². The van der Waals surface area contributed by atoms with Crippen LogP contribution in [0.3, 0.4) is 0 Å². The van der Waals surface area contributed by atoms with Gasteiger partial charge >= 0.3 is 5.97 Å². The highest BCUT2D eigenvalue weighted by Gasteiger charge is 2.24. The third-order valence-electron chi connectivity index (χ3n) is 3.99. The van der Waals surface area contributed by atoms with E-state index in [1.165, 1.54) is 7.11 Å². The molecule has 1 amide bonds. The van der Waals surface area contributed by atoms with Crippen LogP contribution in [-0.4, -0.2) is 44.0 Å². The summed E-state index contributed by atoms with van der Waals surface area (Å²) in [6.45, 7) is 3.64. The van der Waals surface area contributed by atoms with Gasteiger partial charge in [0.25, 0.3) is 0 Å². The molecule has 0 saturated carbocycles. The van der Waals surface area contributed by atoms with Gasteiger partial charge in [0, 0.05) is 12.2 Å². The lowest BCUT2D eigenvalue weighted by Crippen LogP contribution is -2.38. The molecule has 1 N–H and O–H groups in total. The van der Waals surface area contributed by atoms with E-state index in [0.717, 1.165) is 31.5 Å². The first-order valence-corrected chi connectivity index (χ1v) is 7.20. The maximum absolute atomic E-state index is 12.4. The molecule has 114 valence electrons. The van der Waals surface area contributed by atoms with Gasteiger partial charge in [-0.3, -0.25) is 4.79 Å². The summed E-state index contributed by atoms with van der Waals surface area (Å²) in [7, 11) is 3.38. The summed E-state index contributed by atoms with van der Waals surface area (Å²) in [5.74, 6) is -0.363. The molecule has 1 heterocycles. The second-order valence-corrected chi connectivity index (χ2v) is 5.56. The van der Waals surface area contributed by atoms with E-state index >= 15 is 0 Å². The molecule has 1 unspecified atom stereocenters. The molecule has 21 heavy (non-hydrogen) atoms. The quantitative estimate of drug-likeness (QED) is 0.866. The lowest BCUT2D eigenvalue weighted by atomic mass is 9.97. The second-order valence-electron chi connectivity index (χ2n) is 5.56. The highest BCUT2D eigenvalue weighted by Crippen LogP contribution is 2.22. The third kappa shape index (κ3) is 3.61. The van der Waals surface area contributed by atoms with Crippen LogP contribution in [0.1, 0.15) is 28.8 Å². The Bertz CT molecular complexity index is 542. The Labute approximate surface area is 125 Å². The van der Waals surface area contributed by atoms with Crippen LogP contribution in [0, 0.1) is 12.8 Å². The van der Waals surface area contributed by atoms with Crippen molar-refractivity contribution in [2.45, 2.75) is 19.8 Å². The lowest BCUT2D eigenvalue weighted by Gasteiger charge is -2.29. The number of rotatable bonds is 3. The van der Waals surface area contributed by atoms with Gasteiger partial charge in [-0.25, -0.2) is 4.79 Å². The lowest BCUT2D eigenvalue weighted by molar-refractivity contribution is -0.121. The fourth-order valence-electron chi connectivity index (χ4n) is 2.72. The molecule has 5 heteroatoms. The zero-order valence-electron chi connectivity index (χ0n) is 12.8. The average molecular weight is 290 g/mol. The molecule has 0 spiro atoms. The molecule has 1 fully saturated rings. The number of methoxy groups -OCH3 is 1. The molecule has 0 radical (unpaired) electrons. The molecule has 1 atom stereocenters. The molecule has 1 aliphatic heterocycles. The van der Waals surface area contributed by atoms with Crippen molar-refractivity contribution < 1.29 is 14.3 Å². The minimum Gasteiger partial charge on any atom is -0.465 e. The average Bonchev–Trinajstić information content (AvgIpc) is 2.48. The zero-order chi connectivity index (χ0) is 15.4. The normalized spacial score (nSPS) is 19.1. The van der Waals surface area contributed by atoms with Gasteiger partial charge in [-0.05, 0) is 51.1 Å². The summed E-state index contributed by atoms with van der Waals surface area (Å²) in [4.78, 5) is 26.2. The molecule has 1 aromatic carbocycles. The SMILES string of the molecule is COC(=O)c1cccc(NC(=O)C2CCCN(C)C2)c1C. The van der Waals surface area contributed by atoms with Crippen molar-refractivity contribution in [1.82, 2.24) is 4.90 Å². The van der Waals surface area contributed by atoms with Gasteiger partial charge in [0.1, 0.15) is 0 Å². The van der Waals surface area contributed by atoms with Gasteiger partial charge in [0.2, 0.25) is 5.91 Å². The number of nitrogens with one attached hydrogen (secondary N) is 1. The Balaban J connectivity index is 2.12. The van der Waals surface area contributed by atoms with E-state index in [2.05, 4.69) is 10.2 Å². The van der Waals surface area contributed by atoms with Gasteiger partial charge in [-0.15, -0.1) is 0 Å². The topological polar surface area (TPSA) is 58.6 Å². The summed E-state index contributed by atoms with van der Waals surface area (Å²) in [5.41, 5.74) is 1.90. The first kappa shape index (κ1) is 15.5. The molecule has 1 aromatic rings. The first-order valence-electron chi connectivity index (χ1n) is 7.20. The molecular formula is C16H22N2O3. The standard InChI is InChI=1S/C16H22N2O3/c1-11-13(16(20)21-3)7-4-8-14(11)17-15(19)12-6-5-9-18(2)10-12/h4,7-8,12H,5-6,9-10H2,1-3H3,(H,17,19). The summed E-state index contributed by atoms with van der Waals surface area (Å²) in [6, 6.07) is 5.26. The molecule has 0 aromatic heterocycles. The van der Waals surface area contributed by atoms with Gasteiger partial charge in [-0.2, -0.15) is 0 Å². The van der Waals surface area contributed by atoms with Crippen LogP contribution >= 0.6 is 0 Å². The predicted octanol–water partition coefficient (Wildman–Crippen LogP) is 2.06. The number of benzene rings is 1. The Morgan fingerprint density at radius 3 is 2.81 bits per heavy atom. The smallest absolute Gasteiger partial charge is 0.338 e. The molecule has 2 rings (SSSR count). The van der Waals surface area contributed by atoms with Crippen molar-refractivity contribution in [1.29, 1.82) is 0 Å². The van der Waals surface area contributed by atoms with E-state index in [-0.39, 0.29) is 17.8 Å². The van der Waals surface area contributed by atoms with E-state index < -0.39 is 0 Å². The molecule has 5 nitrogen and oxygen atoms in total. The summed E-state index contributed by atoms with van der Waals surface area (Å²) in [5, 5.41) is 2.95. The number of ether oxygens (including phenoxy) is 1. The minimum absolute atomic E-state index is 0.00457. The monoisotopic (exact) mass is 290 g/mol. The highest BCUT2D eigenvalue weighted by atomic mass is 16.5. The van der Waals surface area contributed by atoms with Crippen LogP contribution in [0.5, 0.6) is 0 Å². The fourth-order valence-corrected chi connectivity index (χ4v) is 2.72. The van der Waals surface area contributed by atoms with Crippen LogP contribution in [0.4, 0.5) is 5.69 Å². The Kier molecular flexibility index (Phi) is 4.96. The minimum atomic E-state index is -0.388. The highest BCUT2D eigenvalue weighted by molar-refractivity contribution is 5.97. The van der Waals surface area contributed by atoms with Crippen molar-refractivity contribution in [3.63, 3.8) is 0 Å². The number of amides is 1. The van der Waals surface area contributed by atoms with Crippen LogP contribution in [0.25, 0.3) is 0 Å². The van der Waals surface area contributed by atoms with Crippen molar-refractivity contribution in [3.8, 4) is 0 Å². The van der Waals surface area contributed by atoms with E-state index in [0.29, 0.717) is 11.3 Å². The largest absolute Gasteiger partial charge is 0.465 e. The number of carbonyl (C=O) groups is 2. The molecule has 1 saturated heterocycles. The van der Waals surface area contributed by atoms with Crippen molar-refractivity contribution in [2.75, 3.05) is 32.6 Å². The Hall–Kier alpha value is -1.88. The summed E-state index contributed by atoms with van der Waals surface area (Å²) < 4.78 is 4.75. The first-order chi connectivity index (χ1) is 10.0. The number of hydrogen-bond acceptors (Lipinski definition) is 4. The molecule has 0 bridgehead atoms. The van der Waals surface area contributed by atoms with Crippen molar-refractivity contribution in [3.05, 3.63) is 29.3 Å². The van der Waals surface area contributed by atoms with Crippen molar-refractivity contribution in [2.24, 2.45) is 5.92 Å². The zero-order valence-corrected chi connectivity index (χ0v) is 12.8. The van der Waals surface area contributed by atoms with Crippen LogP contribution < -0.4 is 5.32 Å².